The lowest BCUT2D eigenvalue weighted by atomic mass is 9.86. The summed E-state index contributed by atoms with van der Waals surface area (Å²) in [5.41, 5.74) is 2.74. The molecule has 0 N–H and O–H groups in total. The number of esters is 1. The molecule has 1 fully saturated rings. The van der Waals surface area contributed by atoms with Crippen molar-refractivity contribution >= 4 is 5.97 Å². The summed E-state index contributed by atoms with van der Waals surface area (Å²) in [5.74, 6) is -0.242. The van der Waals surface area contributed by atoms with Crippen LogP contribution in [-0.4, -0.2) is 25.3 Å². The highest BCUT2D eigenvalue weighted by molar-refractivity contribution is 5.91. The first kappa shape index (κ1) is 15.0. The van der Waals surface area contributed by atoms with E-state index in [9.17, 15) is 4.79 Å². The maximum absolute atomic E-state index is 11.7. The zero-order valence-corrected chi connectivity index (χ0v) is 12.2. The Morgan fingerprint density at radius 2 is 2.05 bits per heavy atom. The minimum atomic E-state index is -0.279. The van der Waals surface area contributed by atoms with Crippen LogP contribution in [0.2, 0.25) is 0 Å². The number of carbonyl (C=O) groups is 1. The molecule has 4 heteroatoms. The number of hydrogen-bond acceptors (Lipinski definition) is 4. The minimum absolute atomic E-state index is 0.0375. The summed E-state index contributed by atoms with van der Waals surface area (Å²) in [6.07, 6.45) is 5.01. The molecule has 110 valence electrons. The van der Waals surface area contributed by atoms with Gasteiger partial charge in [-0.15, -0.1) is 0 Å². The normalized spacial score (nSPS) is 34.2. The zero-order chi connectivity index (χ0) is 14.7. The van der Waals surface area contributed by atoms with E-state index in [-0.39, 0.29) is 24.1 Å². The zero-order valence-electron chi connectivity index (χ0n) is 12.2. The smallest absolute Gasteiger partial charge is 0.334 e. The van der Waals surface area contributed by atoms with E-state index in [0.717, 1.165) is 31.3 Å². The summed E-state index contributed by atoms with van der Waals surface area (Å²) in [6, 6.07) is 0. The lowest BCUT2D eigenvalue weighted by Gasteiger charge is -2.23. The molecule has 0 aromatic carbocycles. The monoisotopic (exact) mass is 278 g/mol. The average molecular weight is 278 g/mol. The second kappa shape index (κ2) is 6.37. The molecule has 1 heterocycles. The van der Waals surface area contributed by atoms with Crippen LogP contribution >= 0.6 is 0 Å². The Morgan fingerprint density at radius 1 is 1.30 bits per heavy atom. The number of allylic oxidation sites excluding steroid dienone is 1. The van der Waals surface area contributed by atoms with Crippen molar-refractivity contribution < 1.29 is 19.3 Å². The highest BCUT2D eigenvalue weighted by atomic mass is 17.2. The van der Waals surface area contributed by atoms with E-state index in [1.165, 1.54) is 12.7 Å². The summed E-state index contributed by atoms with van der Waals surface area (Å²) in [7, 11) is 1.51. The summed E-state index contributed by atoms with van der Waals surface area (Å²) in [4.78, 5) is 21.8. The second-order valence-corrected chi connectivity index (χ2v) is 5.50. The van der Waals surface area contributed by atoms with Crippen molar-refractivity contribution in [3.8, 4) is 0 Å². The molecule has 4 nitrogen and oxygen atoms in total. The lowest BCUT2D eigenvalue weighted by molar-refractivity contribution is -0.297. The van der Waals surface area contributed by atoms with E-state index in [0.29, 0.717) is 5.57 Å². The first-order valence-electron chi connectivity index (χ1n) is 6.97. The third-order valence-corrected chi connectivity index (χ3v) is 4.04. The van der Waals surface area contributed by atoms with Gasteiger partial charge in [-0.3, -0.25) is 0 Å². The van der Waals surface area contributed by atoms with Gasteiger partial charge in [0.15, 0.2) is 0 Å². The van der Waals surface area contributed by atoms with Gasteiger partial charge in [0, 0.05) is 11.5 Å². The van der Waals surface area contributed by atoms with Crippen molar-refractivity contribution in [3.63, 3.8) is 0 Å². The van der Waals surface area contributed by atoms with Gasteiger partial charge in [0.2, 0.25) is 0 Å². The molecule has 0 bridgehead atoms. The predicted molar refractivity (Wildman–Crippen MR) is 75.8 cm³/mol. The molecule has 3 atom stereocenters. The largest absolute Gasteiger partial charge is 0.454 e. The molecule has 0 unspecified atom stereocenters. The predicted octanol–water partition coefficient (Wildman–Crippen LogP) is 3.11. The van der Waals surface area contributed by atoms with Gasteiger partial charge in [-0.05, 0) is 44.3 Å². The van der Waals surface area contributed by atoms with Crippen molar-refractivity contribution in [2.45, 2.75) is 44.8 Å². The van der Waals surface area contributed by atoms with Crippen LogP contribution in [0.15, 0.2) is 36.0 Å². The quantitative estimate of drug-likeness (QED) is 0.256. The number of hydrogen-bond donors (Lipinski definition) is 0. The van der Waals surface area contributed by atoms with E-state index < -0.39 is 0 Å². The Kier molecular flexibility index (Phi) is 4.78. The van der Waals surface area contributed by atoms with Crippen LogP contribution in [0.4, 0.5) is 0 Å². The highest BCUT2D eigenvalue weighted by Gasteiger charge is 2.37. The Morgan fingerprint density at radius 3 is 2.75 bits per heavy atom. The van der Waals surface area contributed by atoms with E-state index >= 15 is 0 Å². The standard InChI is InChI=1S/C16H22O4/c1-10-5-8-14(20-18-4)11(2)6-7-13-12(3)16(17)19-15(13)9-10/h9,13-15H,2-3,5-8H2,1,4H3/b10-9+/t13-,14+,15+/m0/s1. The van der Waals surface area contributed by atoms with Crippen LogP contribution in [0.5, 0.6) is 0 Å². The molecule has 2 aliphatic rings. The summed E-state index contributed by atoms with van der Waals surface area (Å²) in [6.45, 7) is 10.00. The van der Waals surface area contributed by atoms with E-state index in [2.05, 4.69) is 13.2 Å². The molecular formula is C16H22O4. The third-order valence-electron chi connectivity index (χ3n) is 4.04. The summed E-state index contributed by atoms with van der Waals surface area (Å²) in [5, 5.41) is 0. The first-order valence-corrected chi connectivity index (χ1v) is 6.97. The molecule has 1 aliphatic heterocycles. The van der Waals surface area contributed by atoms with Crippen LogP contribution in [0.3, 0.4) is 0 Å². The van der Waals surface area contributed by atoms with Crippen LogP contribution < -0.4 is 0 Å². The van der Waals surface area contributed by atoms with E-state index in [1.807, 2.05) is 13.0 Å². The number of rotatable bonds is 2. The topological polar surface area (TPSA) is 44.8 Å². The molecule has 0 amide bonds. The average Bonchev–Trinajstić information content (AvgIpc) is 2.66. The molecule has 1 saturated heterocycles. The SMILES string of the molecule is C=C1CC[C@H]2C(=C)C(=O)O[C@@H]2/C=C(\C)CC[C@H]1OOC. The van der Waals surface area contributed by atoms with Gasteiger partial charge < -0.3 is 4.74 Å². The molecule has 1 aliphatic carbocycles. The molecule has 0 radical (unpaired) electrons. The fourth-order valence-corrected chi connectivity index (χ4v) is 2.78. The van der Waals surface area contributed by atoms with E-state index in [4.69, 9.17) is 14.5 Å². The second-order valence-electron chi connectivity index (χ2n) is 5.50. The van der Waals surface area contributed by atoms with Gasteiger partial charge in [-0.25, -0.2) is 14.6 Å². The number of carbonyl (C=O) groups excluding carboxylic acids is 1. The fourth-order valence-electron chi connectivity index (χ4n) is 2.78. The van der Waals surface area contributed by atoms with Crippen LogP contribution in [0, 0.1) is 5.92 Å². The van der Waals surface area contributed by atoms with Gasteiger partial charge >= 0.3 is 5.97 Å². The van der Waals surface area contributed by atoms with Crippen LogP contribution in [0.25, 0.3) is 0 Å². The van der Waals surface area contributed by atoms with Gasteiger partial charge in [-0.2, -0.15) is 0 Å². The van der Waals surface area contributed by atoms with Crippen molar-refractivity contribution in [2.75, 3.05) is 7.11 Å². The number of fused-ring (bicyclic) bond motifs is 1. The minimum Gasteiger partial charge on any atom is -0.454 e. The molecule has 0 saturated carbocycles. The van der Waals surface area contributed by atoms with Crippen molar-refractivity contribution in [1.29, 1.82) is 0 Å². The molecule has 20 heavy (non-hydrogen) atoms. The van der Waals surface area contributed by atoms with Gasteiger partial charge in [0.25, 0.3) is 0 Å². The fraction of sp³-hybridized carbons (Fsp3) is 0.562. The molecule has 2 rings (SSSR count). The lowest BCUT2D eigenvalue weighted by Crippen LogP contribution is -2.20. The summed E-state index contributed by atoms with van der Waals surface area (Å²) >= 11 is 0. The van der Waals surface area contributed by atoms with Gasteiger partial charge in [0.1, 0.15) is 12.2 Å². The first-order chi connectivity index (χ1) is 9.52. The number of ether oxygens (including phenoxy) is 1. The molecule has 0 spiro atoms. The van der Waals surface area contributed by atoms with E-state index in [1.54, 1.807) is 0 Å². The Balaban J connectivity index is 2.19. The summed E-state index contributed by atoms with van der Waals surface area (Å²) < 4.78 is 5.39. The Hall–Kier alpha value is -1.39. The van der Waals surface area contributed by atoms with Gasteiger partial charge in [0.05, 0.1) is 7.11 Å². The molecular weight excluding hydrogens is 256 g/mol. The molecule has 0 aromatic heterocycles. The maximum Gasteiger partial charge on any atom is 0.334 e. The maximum atomic E-state index is 11.7. The van der Waals surface area contributed by atoms with Crippen molar-refractivity contribution in [2.24, 2.45) is 5.92 Å². The van der Waals surface area contributed by atoms with Gasteiger partial charge in [-0.1, -0.05) is 18.7 Å². The third kappa shape index (κ3) is 3.19. The van der Waals surface area contributed by atoms with Crippen molar-refractivity contribution in [1.82, 2.24) is 0 Å². The Bertz CT molecular complexity index is 449. The molecule has 0 aromatic rings. The van der Waals surface area contributed by atoms with Crippen LogP contribution in [-0.2, 0) is 19.3 Å². The van der Waals surface area contributed by atoms with Crippen LogP contribution in [0.1, 0.15) is 32.6 Å². The highest BCUT2D eigenvalue weighted by Crippen LogP contribution is 2.35. The van der Waals surface area contributed by atoms with Crippen molar-refractivity contribution in [3.05, 3.63) is 36.0 Å². The Labute approximate surface area is 120 Å².